The quantitative estimate of drug-likeness (QED) is 0.441. The second-order valence-electron chi connectivity index (χ2n) is 3.21. The van der Waals surface area contributed by atoms with E-state index in [0.29, 0.717) is 11.5 Å². The van der Waals surface area contributed by atoms with E-state index in [1.165, 1.54) is 21.3 Å². The van der Waals surface area contributed by atoms with Gasteiger partial charge in [-0.05, 0) is 12.1 Å². The Morgan fingerprint density at radius 1 is 1.06 bits per heavy atom. The zero-order valence-electron chi connectivity index (χ0n) is 9.98. The molecule has 1 rings (SSSR count). The van der Waals surface area contributed by atoms with Gasteiger partial charge in [-0.3, -0.25) is 9.59 Å². The smallest absolute Gasteiger partial charge is 0.313 e. The SMILES string of the molecule is COC(=O)CC(=O)c1c(OC)cccc1OC. The highest BCUT2D eigenvalue weighted by molar-refractivity contribution is 6.09. The summed E-state index contributed by atoms with van der Waals surface area (Å²) in [6.45, 7) is 0. The molecule has 0 saturated carbocycles. The van der Waals surface area contributed by atoms with E-state index in [4.69, 9.17) is 9.47 Å². The second kappa shape index (κ2) is 5.89. The molecule has 0 bridgehead atoms. The Morgan fingerprint density at radius 3 is 2.00 bits per heavy atom. The second-order valence-corrected chi connectivity index (χ2v) is 3.21. The predicted molar refractivity (Wildman–Crippen MR) is 60.5 cm³/mol. The predicted octanol–water partition coefficient (Wildman–Crippen LogP) is 1.45. The van der Waals surface area contributed by atoms with Crippen LogP contribution in [0, 0.1) is 0 Å². The molecule has 0 saturated heterocycles. The summed E-state index contributed by atoms with van der Waals surface area (Å²) in [5.74, 6) is -0.245. The van der Waals surface area contributed by atoms with E-state index in [9.17, 15) is 9.59 Å². The van der Waals surface area contributed by atoms with Crippen LogP contribution in [0.4, 0.5) is 0 Å². The number of esters is 1. The average Bonchev–Trinajstić information content (AvgIpc) is 2.37. The molecule has 0 fully saturated rings. The van der Waals surface area contributed by atoms with Gasteiger partial charge in [0.2, 0.25) is 0 Å². The third kappa shape index (κ3) is 2.96. The zero-order chi connectivity index (χ0) is 12.8. The number of ether oxygens (including phenoxy) is 3. The Balaban J connectivity index is 3.09. The number of benzene rings is 1. The maximum Gasteiger partial charge on any atom is 0.313 e. The van der Waals surface area contributed by atoms with E-state index in [-0.39, 0.29) is 12.0 Å². The summed E-state index contributed by atoms with van der Waals surface area (Å²) in [4.78, 5) is 23.0. The lowest BCUT2D eigenvalue weighted by Gasteiger charge is -2.11. The largest absolute Gasteiger partial charge is 0.496 e. The minimum absolute atomic E-state index is 0.253. The minimum atomic E-state index is -0.594. The molecule has 0 aliphatic rings. The molecule has 1 aromatic carbocycles. The summed E-state index contributed by atoms with van der Waals surface area (Å²) in [7, 11) is 4.13. The van der Waals surface area contributed by atoms with Crippen molar-refractivity contribution in [2.24, 2.45) is 0 Å². The highest BCUT2D eigenvalue weighted by atomic mass is 16.5. The van der Waals surface area contributed by atoms with Crippen LogP contribution in [0.5, 0.6) is 11.5 Å². The van der Waals surface area contributed by atoms with Crippen LogP contribution >= 0.6 is 0 Å². The van der Waals surface area contributed by atoms with Crippen LogP contribution in [-0.4, -0.2) is 33.1 Å². The van der Waals surface area contributed by atoms with Crippen molar-refractivity contribution in [1.82, 2.24) is 0 Å². The first kappa shape index (κ1) is 13.0. The Kier molecular flexibility index (Phi) is 4.51. The number of hydrogen-bond acceptors (Lipinski definition) is 5. The van der Waals surface area contributed by atoms with Gasteiger partial charge >= 0.3 is 5.97 Å². The average molecular weight is 238 g/mol. The van der Waals surface area contributed by atoms with E-state index >= 15 is 0 Å². The lowest BCUT2D eigenvalue weighted by molar-refractivity contribution is -0.139. The molecule has 92 valence electrons. The fourth-order valence-electron chi connectivity index (χ4n) is 1.42. The number of Topliss-reactive ketones (excluding diaryl/α,β-unsaturated/α-hetero) is 1. The van der Waals surface area contributed by atoms with Gasteiger partial charge < -0.3 is 14.2 Å². The molecule has 5 nitrogen and oxygen atoms in total. The van der Waals surface area contributed by atoms with Gasteiger partial charge in [-0.25, -0.2) is 0 Å². The van der Waals surface area contributed by atoms with Crippen molar-refractivity contribution in [3.8, 4) is 11.5 Å². The van der Waals surface area contributed by atoms with Crippen LogP contribution in [0.2, 0.25) is 0 Å². The van der Waals surface area contributed by atoms with Crippen LogP contribution in [0.25, 0.3) is 0 Å². The summed E-state index contributed by atoms with van der Waals surface area (Å²) in [5, 5.41) is 0. The first-order valence-corrected chi connectivity index (χ1v) is 4.95. The van der Waals surface area contributed by atoms with E-state index in [1.807, 2.05) is 0 Å². The number of carbonyl (C=O) groups is 2. The molecule has 0 spiro atoms. The molecule has 1 aromatic rings. The lowest BCUT2D eigenvalue weighted by Crippen LogP contribution is -2.11. The number of carbonyl (C=O) groups excluding carboxylic acids is 2. The number of rotatable bonds is 5. The molecule has 0 N–H and O–H groups in total. The molecular formula is C12H14O5. The molecular weight excluding hydrogens is 224 g/mol. The number of ketones is 1. The van der Waals surface area contributed by atoms with Crippen molar-refractivity contribution in [3.63, 3.8) is 0 Å². The Bertz CT molecular complexity index is 403. The van der Waals surface area contributed by atoms with Gasteiger partial charge in [-0.1, -0.05) is 6.07 Å². The monoisotopic (exact) mass is 238 g/mol. The first-order valence-electron chi connectivity index (χ1n) is 4.95. The molecule has 0 heterocycles. The van der Waals surface area contributed by atoms with Crippen molar-refractivity contribution < 1.29 is 23.8 Å². The zero-order valence-corrected chi connectivity index (χ0v) is 9.98. The van der Waals surface area contributed by atoms with Gasteiger partial charge in [-0.2, -0.15) is 0 Å². The van der Waals surface area contributed by atoms with Crippen LogP contribution in [-0.2, 0) is 9.53 Å². The molecule has 0 amide bonds. The molecule has 0 atom stereocenters. The Labute approximate surface area is 99.3 Å². The fourth-order valence-corrected chi connectivity index (χ4v) is 1.42. The third-order valence-corrected chi connectivity index (χ3v) is 2.24. The van der Waals surface area contributed by atoms with Crippen LogP contribution in [0.1, 0.15) is 16.8 Å². The highest BCUT2D eigenvalue weighted by Gasteiger charge is 2.20. The summed E-state index contributed by atoms with van der Waals surface area (Å²) in [5.41, 5.74) is 0.253. The third-order valence-electron chi connectivity index (χ3n) is 2.24. The normalized spacial score (nSPS) is 9.59. The van der Waals surface area contributed by atoms with E-state index < -0.39 is 11.8 Å². The highest BCUT2D eigenvalue weighted by Crippen LogP contribution is 2.29. The number of methoxy groups -OCH3 is 3. The molecule has 17 heavy (non-hydrogen) atoms. The van der Waals surface area contributed by atoms with E-state index in [0.717, 1.165) is 0 Å². The van der Waals surface area contributed by atoms with Crippen molar-refractivity contribution in [1.29, 1.82) is 0 Å². The van der Waals surface area contributed by atoms with Gasteiger partial charge in [0.15, 0.2) is 5.78 Å². The van der Waals surface area contributed by atoms with Gasteiger partial charge in [0.1, 0.15) is 23.5 Å². The summed E-state index contributed by atoms with van der Waals surface area (Å²) in [6.07, 6.45) is -0.340. The molecule has 0 aliphatic carbocycles. The van der Waals surface area contributed by atoms with Crippen LogP contribution in [0.15, 0.2) is 18.2 Å². The Morgan fingerprint density at radius 2 is 1.59 bits per heavy atom. The van der Waals surface area contributed by atoms with Gasteiger partial charge in [-0.15, -0.1) is 0 Å². The topological polar surface area (TPSA) is 61.8 Å². The van der Waals surface area contributed by atoms with E-state index in [2.05, 4.69) is 4.74 Å². The minimum Gasteiger partial charge on any atom is -0.496 e. The summed E-state index contributed by atoms with van der Waals surface area (Å²) >= 11 is 0. The van der Waals surface area contributed by atoms with Crippen LogP contribution in [0.3, 0.4) is 0 Å². The molecule has 5 heteroatoms. The molecule has 0 unspecified atom stereocenters. The maximum absolute atomic E-state index is 11.9. The Hall–Kier alpha value is -2.04. The summed E-state index contributed by atoms with van der Waals surface area (Å²) in [6, 6.07) is 4.96. The van der Waals surface area contributed by atoms with Crippen molar-refractivity contribution >= 4 is 11.8 Å². The van der Waals surface area contributed by atoms with Crippen molar-refractivity contribution in [2.75, 3.05) is 21.3 Å². The standard InChI is InChI=1S/C12H14O5/c1-15-9-5-4-6-10(16-2)12(9)8(13)7-11(14)17-3/h4-6H,7H2,1-3H3. The molecule has 0 aliphatic heterocycles. The fraction of sp³-hybridized carbons (Fsp3) is 0.333. The van der Waals surface area contributed by atoms with Crippen LogP contribution < -0.4 is 9.47 Å². The summed E-state index contributed by atoms with van der Waals surface area (Å²) < 4.78 is 14.6. The van der Waals surface area contributed by atoms with E-state index in [1.54, 1.807) is 18.2 Å². The number of hydrogen-bond donors (Lipinski definition) is 0. The lowest BCUT2D eigenvalue weighted by atomic mass is 10.1. The maximum atomic E-state index is 11.9. The molecule has 0 radical (unpaired) electrons. The first-order chi connectivity index (χ1) is 8.13. The molecule has 0 aromatic heterocycles. The van der Waals surface area contributed by atoms with Gasteiger partial charge in [0.05, 0.1) is 21.3 Å². The van der Waals surface area contributed by atoms with Gasteiger partial charge in [0.25, 0.3) is 0 Å². The van der Waals surface area contributed by atoms with Gasteiger partial charge in [0, 0.05) is 0 Å². The van der Waals surface area contributed by atoms with Crippen molar-refractivity contribution in [3.05, 3.63) is 23.8 Å². The van der Waals surface area contributed by atoms with Crippen molar-refractivity contribution in [2.45, 2.75) is 6.42 Å².